The van der Waals surface area contributed by atoms with E-state index in [2.05, 4.69) is 4.98 Å². The van der Waals surface area contributed by atoms with Crippen molar-refractivity contribution in [2.75, 3.05) is 10.7 Å². The summed E-state index contributed by atoms with van der Waals surface area (Å²) in [5.74, 6) is 0.781. The average molecular weight is 400 g/mol. The number of carbonyl (C=O) groups excluding carboxylic acids is 1. The maximum absolute atomic E-state index is 13.0. The number of aromatic nitrogens is 3. The van der Waals surface area contributed by atoms with Gasteiger partial charge in [-0.15, -0.1) is 0 Å². The van der Waals surface area contributed by atoms with Gasteiger partial charge in [0.2, 0.25) is 11.1 Å². The zero-order chi connectivity index (χ0) is 19.0. The van der Waals surface area contributed by atoms with Crippen LogP contribution in [0.15, 0.2) is 51.0 Å². The summed E-state index contributed by atoms with van der Waals surface area (Å²) in [6.07, 6.45) is -0.114. The molecule has 0 saturated heterocycles. The maximum Gasteiger partial charge on any atom is 0.325 e. The number of thioether (sulfide) groups is 1. The minimum atomic E-state index is -0.480. The van der Waals surface area contributed by atoms with Gasteiger partial charge < -0.3 is 0 Å². The molecular weight excluding hydrogens is 380 g/mol. The second-order valence-electron chi connectivity index (χ2n) is 6.05. The molecule has 3 heterocycles. The van der Waals surface area contributed by atoms with Gasteiger partial charge in [0, 0.05) is 16.9 Å². The van der Waals surface area contributed by atoms with Crippen LogP contribution in [0.25, 0.3) is 11.3 Å². The van der Waals surface area contributed by atoms with Gasteiger partial charge in [0.25, 0.3) is 6.17 Å². The number of rotatable bonds is 4. The lowest BCUT2D eigenvalue weighted by Crippen LogP contribution is -2.60. The minimum Gasteiger partial charge on any atom is -0.291 e. The summed E-state index contributed by atoms with van der Waals surface area (Å²) in [6, 6.07) is 9.49. The molecule has 4 rings (SSSR count). The number of hydrogen-bond donors (Lipinski definition) is 1. The number of H-pyrrole nitrogens is 1. The topological polar surface area (TPSA) is 69.9 Å². The second kappa shape index (κ2) is 7.28. The van der Waals surface area contributed by atoms with E-state index in [-0.39, 0.29) is 11.5 Å². The Hall–Kier alpha value is -2.45. The first kappa shape index (κ1) is 17.9. The number of benzene rings is 1. The summed E-state index contributed by atoms with van der Waals surface area (Å²) in [5.41, 5.74) is 2.67. The van der Waals surface area contributed by atoms with Crippen LogP contribution in [0.2, 0.25) is 0 Å². The number of carbonyl (C=O) groups is 1. The lowest BCUT2D eigenvalue weighted by atomic mass is 10.0. The summed E-state index contributed by atoms with van der Waals surface area (Å²) in [6.45, 7) is 3.85. The number of fused-ring (bicyclic) bond motifs is 3. The summed E-state index contributed by atoms with van der Waals surface area (Å²) < 4.78 is 1.70. The molecule has 0 bridgehead atoms. The Kier molecular flexibility index (Phi) is 4.84. The van der Waals surface area contributed by atoms with E-state index in [1.54, 1.807) is 20.9 Å². The number of amides is 1. The van der Waals surface area contributed by atoms with Crippen molar-refractivity contribution < 1.29 is 9.48 Å². The summed E-state index contributed by atoms with van der Waals surface area (Å²) in [7, 11) is 0. The Morgan fingerprint density at radius 2 is 2.15 bits per heavy atom. The predicted molar refractivity (Wildman–Crippen MR) is 107 cm³/mol. The molecule has 1 amide bonds. The van der Waals surface area contributed by atoms with Crippen molar-refractivity contribution in [3.8, 4) is 11.3 Å². The molecule has 3 aromatic rings. The molecule has 27 heavy (non-hydrogen) atoms. The van der Waals surface area contributed by atoms with Crippen molar-refractivity contribution in [1.29, 1.82) is 0 Å². The van der Waals surface area contributed by atoms with Crippen LogP contribution in [0.4, 0.5) is 5.69 Å². The van der Waals surface area contributed by atoms with E-state index in [4.69, 9.17) is 5.10 Å². The molecule has 1 aliphatic rings. The highest BCUT2D eigenvalue weighted by molar-refractivity contribution is 7.99. The molecule has 1 N–H and O–H groups in total. The van der Waals surface area contributed by atoms with Crippen molar-refractivity contribution in [3.05, 3.63) is 57.0 Å². The zero-order valence-electron chi connectivity index (χ0n) is 15.0. The van der Waals surface area contributed by atoms with E-state index >= 15 is 0 Å². The van der Waals surface area contributed by atoms with Gasteiger partial charge in [0.1, 0.15) is 0 Å². The fraction of sp³-hybridized carbons (Fsp3) is 0.263. The lowest BCUT2D eigenvalue weighted by Gasteiger charge is -2.31. The fourth-order valence-electron chi connectivity index (χ4n) is 3.34. The molecule has 1 atom stereocenters. The first-order valence-electron chi connectivity index (χ1n) is 8.78. The normalized spacial score (nSPS) is 15.3. The molecule has 0 aliphatic carbocycles. The van der Waals surface area contributed by atoms with Crippen molar-refractivity contribution in [1.82, 2.24) is 10.1 Å². The van der Waals surface area contributed by atoms with Gasteiger partial charge in [0.15, 0.2) is 0 Å². The predicted octanol–water partition coefficient (Wildman–Crippen LogP) is 3.20. The van der Waals surface area contributed by atoms with Crippen LogP contribution in [-0.2, 0) is 4.79 Å². The Balaban J connectivity index is 2.06. The SMILES string of the molecule is CCSc1n[n+]2c(c(=O)[nH]1)-c1ccccc1N(C(=O)CC)[C@@H]2c1ccsc1. The van der Waals surface area contributed by atoms with Crippen LogP contribution in [0.1, 0.15) is 32.0 Å². The number of thiophene rings is 1. The zero-order valence-corrected chi connectivity index (χ0v) is 16.6. The van der Waals surface area contributed by atoms with Crippen LogP contribution in [0.3, 0.4) is 0 Å². The Labute approximate surface area is 164 Å². The van der Waals surface area contributed by atoms with Crippen molar-refractivity contribution in [2.45, 2.75) is 31.6 Å². The molecule has 0 fully saturated rings. The summed E-state index contributed by atoms with van der Waals surface area (Å²) >= 11 is 3.03. The van der Waals surface area contributed by atoms with Crippen molar-refractivity contribution in [2.24, 2.45) is 0 Å². The van der Waals surface area contributed by atoms with Gasteiger partial charge in [-0.1, -0.05) is 37.7 Å². The fourth-order valence-corrected chi connectivity index (χ4v) is 4.59. The molecular formula is C19H19N4O2S2+. The molecule has 8 heteroatoms. The van der Waals surface area contributed by atoms with Crippen LogP contribution in [-0.4, -0.2) is 21.7 Å². The number of para-hydroxylation sites is 1. The Morgan fingerprint density at radius 3 is 2.85 bits per heavy atom. The molecule has 0 radical (unpaired) electrons. The maximum atomic E-state index is 13.0. The Bertz CT molecular complexity index is 1050. The number of nitrogens with zero attached hydrogens (tertiary/aromatic N) is 3. The third kappa shape index (κ3) is 2.98. The van der Waals surface area contributed by atoms with Gasteiger partial charge in [-0.05, 0) is 34.0 Å². The van der Waals surface area contributed by atoms with Crippen molar-refractivity contribution in [3.63, 3.8) is 0 Å². The first-order valence-corrected chi connectivity index (χ1v) is 10.7. The van der Waals surface area contributed by atoms with Gasteiger partial charge in [0.05, 0.1) is 16.8 Å². The third-order valence-corrected chi connectivity index (χ3v) is 5.90. The van der Waals surface area contributed by atoms with Crippen LogP contribution < -0.4 is 15.1 Å². The summed E-state index contributed by atoms with van der Waals surface area (Å²) in [5, 5.41) is 9.23. The number of aromatic amines is 1. The number of hydrogen-bond acceptors (Lipinski definition) is 5. The highest BCUT2D eigenvalue weighted by atomic mass is 32.2. The smallest absolute Gasteiger partial charge is 0.291 e. The molecule has 1 aromatic carbocycles. The highest BCUT2D eigenvalue weighted by Crippen LogP contribution is 2.37. The van der Waals surface area contributed by atoms with E-state index < -0.39 is 6.17 Å². The van der Waals surface area contributed by atoms with E-state index in [1.807, 2.05) is 54.9 Å². The molecule has 6 nitrogen and oxygen atoms in total. The minimum absolute atomic E-state index is 0.0106. The molecule has 1 aliphatic heterocycles. The van der Waals surface area contributed by atoms with Gasteiger partial charge in [-0.25, -0.2) is 4.90 Å². The largest absolute Gasteiger partial charge is 0.325 e. The van der Waals surface area contributed by atoms with E-state index in [0.29, 0.717) is 22.8 Å². The Morgan fingerprint density at radius 1 is 1.33 bits per heavy atom. The molecule has 2 aromatic heterocycles. The quantitative estimate of drug-likeness (QED) is 0.540. The molecule has 0 unspecified atom stereocenters. The molecule has 138 valence electrons. The highest BCUT2D eigenvalue weighted by Gasteiger charge is 2.45. The second-order valence-corrected chi connectivity index (χ2v) is 8.08. The van der Waals surface area contributed by atoms with E-state index in [1.165, 1.54) is 11.8 Å². The number of anilines is 1. The van der Waals surface area contributed by atoms with E-state index in [9.17, 15) is 9.59 Å². The van der Waals surface area contributed by atoms with Gasteiger partial charge in [-0.2, -0.15) is 11.3 Å². The summed E-state index contributed by atoms with van der Waals surface area (Å²) in [4.78, 5) is 30.5. The van der Waals surface area contributed by atoms with Crippen molar-refractivity contribution >= 4 is 34.7 Å². The van der Waals surface area contributed by atoms with Gasteiger partial charge in [-0.3, -0.25) is 14.6 Å². The standard InChI is InChI=1S/C19H18N4O2S2/c1-3-15(24)22-14-8-6-5-7-13(14)16-17(25)20-19(27-4-2)21-23(16)18(22)12-9-10-26-11-12/h5-11,18H,3-4H2,1-2H3/p+1/t18-/m0/s1. The molecule has 0 spiro atoms. The van der Waals surface area contributed by atoms with Crippen LogP contribution in [0, 0.1) is 0 Å². The lowest BCUT2D eigenvalue weighted by molar-refractivity contribution is -0.763. The van der Waals surface area contributed by atoms with Gasteiger partial charge >= 0.3 is 11.3 Å². The van der Waals surface area contributed by atoms with Crippen LogP contribution in [0.5, 0.6) is 0 Å². The van der Waals surface area contributed by atoms with E-state index in [0.717, 1.165) is 17.0 Å². The average Bonchev–Trinajstić information content (AvgIpc) is 3.20. The number of nitrogens with one attached hydrogen (secondary N) is 1. The third-order valence-electron chi connectivity index (χ3n) is 4.45. The monoisotopic (exact) mass is 399 g/mol. The van der Waals surface area contributed by atoms with Crippen LogP contribution >= 0.6 is 23.1 Å². The first-order chi connectivity index (χ1) is 13.2. The molecule has 0 saturated carbocycles.